The van der Waals surface area contributed by atoms with Crippen LogP contribution in [0.2, 0.25) is 0 Å². The number of likely N-dealkylation sites (tertiary alicyclic amines) is 1. The first-order chi connectivity index (χ1) is 12.0. The number of aliphatic carboxylic acids is 1. The molecule has 2 aliphatic rings. The van der Waals surface area contributed by atoms with E-state index in [1.54, 1.807) is 7.11 Å². The molecule has 1 amide bonds. The summed E-state index contributed by atoms with van der Waals surface area (Å²) in [6.45, 7) is 1.86. The number of carbonyl (C=O) groups is 2. The van der Waals surface area contributed by atoms with E-state index in [0.29, 0.717) is 32.5 Å². The largest absolute Gasteiger partial charge is 0.497 e. The standard InChI is InChI=1S/C19H25NO5/c1-24-14-4-6-15(7-5-14)25-12-2-3-17(21)20-10-8-19(9-11-20)13-16(19)18(22)23/h4-7,16H,2-3,8-13H2,1H3,(H,22,23). The third-order valence-corrected chi connectivity index (χ3v) is 5.46. The van der Waals surface area contributed by atoms with Crippen LogP contribution in [0.3, 0.4) is 0 Å². The van der Waals surface area contributed by atoms with Gasteiger partial charge in [-0.1, -0.05) is 0 Å². The van der Waals surface area contributed by atoms with E-state index in [-0.39, 0.29) is 17.2 Å². The second kappa shape index (κ2) is 7.33. The molecule has 1 aliphatic carbocycles. The minimum absolute atomic E-state index is 0.0277. The number of nitrogens with zero attached hydrogens (tertiary/aromatic N) is 1. The first kappa shape index (κ1) is 17.6. The van der Waals surface area contributed by atoms with Crippen molar-refractivity contribution in [1.82, 2.24) is 4.90 Å². The van der Waals surface area contributed by atoms with Gasteiger partial charge in [0.05, 0.1) is 19.6 Å². The molecule has 1 saturated heterocycles. The average Bonchev–Trinajstić information content (AvgIpc) is 3.33. The summed E-state index contributed by atoms with van der Waals surface area (Å²) < 4.78 is 10.7. The van der Waals surface area contributed by atoms with Crippen molar-refractivity contribution in [2.75, 3.05) is 26.8 Å². The molecular weight excluding hydrogens is 322 g/mol. The number of benzene rings is 1. The van der Waals surface area contributed by atoms with E-state index in [1.807, 2.05) is 29.2 Å². The van der Waals surface area contributed by atoms with Crippen LogP contribution in [0.1, 0.15) is 32.1 Å². The van der Waals surface area contributed by atoms with Crippen LogP contribution in [-0.2, 0) is 9.59 Å². The highest BCUT2D eigenvalue weighted by atomic mass is 16.5. The molecular formula is C19H25NO5. The van der Waals surface area contributed by atoms with E-state index in [4.69, 9.17) is 14.6 Å². The fourth-order valence-corrected chi connectivity index (χ4v) is 3.69. The summed E-state index contributed by atoms with van der Waals surface area (Å²) in [5, 5.41) is 9.11. The van der Waals surface area contributed by atoms with E-state index < -0.39 is 5.97 Å². The number of hydrogen-bond donors (Lipinski definition) is 1. The minimum Gasteiger partial charge on any atom is -0.497 e. The third kappa shape index (κ3) is 4.06. The molecule has 2 fully saturated rings. The Morgan fingerprint density at radius 1 is 1.20 bits per heavy atom. The lowest BCUT2D eigenvalue weighted by atomic mass is 9.90. The van der Waals surface area contributed by atoms with E-state index in [9.17, 15) is 9.59 Å². The average molecular weight is 347 g/mol. The highest BCUT2D eigenvalue weighted by Crippen LogP contribution is 2.59. The molecule has 6 heteroatoms. The first-order valence-corrected chi connectivity index (χ1v) is 8.81. The maximum absolute atomic E-state index is 12.3. The molecule has 136 valence electrons. The van der Waals surface area contributed by atoms with Gasteiger partial charge in [-0.2, -0.15) is 0 Å². The Morgan fingerprint density at radius 2 is 1.84 bits per heavy atom. The lowest BCUT2D eigenvalue weighted by molar-refractivity contribution is -0.139. The predicted molar refractivity (Wildman–Crippen MR) is 91.7 cm³/mol. The van der Waals surface area contributed by atoms with Gasteiger partial charge in [0.15, 0.2) is 0 Å². The van der Waals surface area contributed by atoms with Gasteiger partial charge in [0.1, 0.15) is 11.5 Å². The van der Waals surface area contributed by atoms with Crippen molar-refractivity contribution in [1.29, 1.82) is 0 Å². The van der Waals surface area contributed by atoms with Crippen LogP contribution in [0, 0.1) is 11.3 Å². The highest BCUT2D eigenvalue weighted by molar-refractivity contribution is 5.77. The summed E-state index contributed by atoms with van der Waals surface area (Å²) in [4.78, 5) is 25.2. The van der Waals surface area contributed by atoms with Crippen molar-refractivity contribution < 1.29 is 24.2 Å². The molecule has 0 bridgehead atoms. The molecule has 0 aromatic heterocycles. The van der Waals surface area contributed by atoms with Gasteiger partial charge in [-0.05, 0) is 55.4 Å². The molecule has 1 heterocycles. The van der Waals surface area contributed by atoms with Crippen molar-refractivity contribution in [3.8, 4) is 11.5 Å². The predicted octanol–water partition coefficient (Wildman–Crippen LogP) is 2.57. The zero-order valence-corrected chi connectivity index (χ0v) is 14.6. The Morgan fingerprint density at radius 3 is 2.40 bits per heavy atom. The number of piperidine rings is 1. The Bertz CT molecular complexity index is 619. The Kier molecular flexibility index (Phi) is 5.16. The normalized spacial score (nSPS) is 21.0. The van der Waals surface area contributed by atoms with Crippen molar-refractivity contribution >= 4 is 11.9 Å². The van der Waals surface area contributed by atoms with Crippen molar-refractivity contribution in [2.45, 2.75) is 32.1 Å². The first-order valence-electron chi connectivity index (χ1n) is 8.81. The van der Waals surface area contributed by atoms with Gasteiger partial charge < -0.3 is 19.5 Å². The molecule has 6 nitrogen and oxygen atoms in total. The van der Waals surface area contributed by atoms with Gasteiger partial charge in [-0.3, -0.25) is 9.59 Å². The summed E-state index contributed by atoms with van der Waals surface area (Å²) in [5.41, 5.74) is -0.0277. The Balaban J connectivity index is 1.34. The Labute approximate surface area is 147 Å². The maximum Gasteiger partial charge on any atom is 0.307 e. The highest BCUT2D eigenvalue weighted by Gasteiger charge is 2.59. The fraction of sp³-hybridized carbons (Fsp3) is 0.579. The summed E-state index contributed by atoms with van der Waals surface area (Å²) in [5.74, 6) is 0.812. The van der Waals surface area contributed by atoms with Crippen LogP contribution in [-0.4, -0.2) is 48.7 Å². The molecule has 1 aliphatic heterocycles. The van der Waals surface area contributed by atoms with Gasteiger partial charge in [0.25, 0.3) is 0 Å². The van der Waals surface area contributed by atoms with Crippen molar-refractivity contribution in [3.63, 3.8) is 0 Å². The van der Waals surface area contributed by atoms with Crippen LogP contribution in [0.15, 0.2) is 24.3 Å². The second-order valence-electron chi connectivity index (χ2n) is 6.97. The van der Waals surface area contributed by atoms with Gasteiger partial charge in [-0.25, -0.2) is 0 Å². The van der Waals surface area contributed by atoms with E-state index >= 15 is 0 Å². The molecule has 1 aromatic carbocycles. The quantitative estimate of drug-likeness (QED) is 0.767. The molecule has 1 N–H and O–H groups in total. The molecule has 1 unspecified atom stereocenters. The van der Waals surface area contributed by atoms with Crippen LogP contribution < -0.4 is 9.47 Å². The number of carboxylic acid groups (broad SMARTS) is 1. The summed E-state index contributed by atoms with van der Waals surface area (Å²) in [7, 11) is 1.62. The molecule has 1 aromatic rings. The topological polar surface area (TPSA) is 76.1 Å². The number of carbonyl (C=O) groups excluding carboxylic acids is 1. The molecule has 0 radical (unpaired) electrons. The van der Waals surface area contributed by atoms with Gasteiger partial charge in [-0.15, -0.1) is 0 Å². The number of hydrogen-bond acceptors (Lipinski definition) is 4. The monoisotopic (exact) mass is 347 g/mol. The van der Waals surface area contributed by atoms with Crippen molar-refractivity contribution in [2.24, 2.45) is 11.3 Å². The number of methoxy groups -OCH3 is 1. The zero-order chi connectivity index (χ0) is 17.9. The van der Waals surface area contributed by atoms with E-state index in [1.165, 1.54) is 0 Å². The lowest BCUT2D eigenvalue weighted by Gasteiger charge is -2.32. The number of rotatable bonds is 7. The van der Waals surface area contributed by atoms with Crippen LogP contribution in [0.5, 0.6) is 11.5 Å². The second-order valence-corrected chi connectivity index (χ2v) is 6.97. The van der Waals surface area contributed by atoms with E-state index in [0.717, 1.165) is 30.8 Å². The fourth-order valence-electron chi connectivity index (χ4n) is 3.69. The lowest BCUT2D eigenvalue weighted by Crippen LogP contribution is -2.40. The van der Waals surface area contributed by atoms with Crippen LogP contribution in [0.25, 0.3) is 0 Å². The summed E-state index contributed by atoms with van der Waals surface area (Å²) >= 11 is 0. The smallest absolute Gasteiger partial charge is 0.307 e. The molecule has 25 heavy (non-hydrogen) atoms. The number of carboxylic acids is 1. The van der Waals surface area contributed by atoms with Crippen molar-refractivity contribution in [3.05, 3.63) is 24.3 Å². The number of amides is 1. The molecule has 1 spiro atoms. The molecule has 1 saturated carbocycles. The minimum atomic E-state index is -0.685. The van der Waals surface area contributed by atoms with E-state index in [2.05, 4.69) is 0 Å². The van der Waals surface area contributed by atoms with Crippen LogP contribution >= 0.6 is 0 Å². The molecule has 1 atom stereocenters. The number of ether oxygens (including phenoxy) is 2. The van der Waals surface area contributed by atoms with Gasteiger partial charge >= 0.3 is 5.97 Å². The van der Waals surface area contributed by atoms with Crippen LogP contribution in [0.4, 0.5) is 0 Å². The van der Waals surface area contributed by atoms with Gasteiger partial charge in [0, 0.05) is 19.5 Å². The summed E-state index contributed by atoms with van der Waals surface area (Å²) in [6, 6.07) is 7.37. The Hall–Kier alpha value is -2.24. The summed E-state index contributed by atoms with van der Waals surface area (Å²) in [6.07, 6.45) is 3.55. The third-order valence-electron chi connectivity index (χ3n) is 5.46. The van der Waals surface area contributed by atoms with Gasteiger partial charge in [0.2, 0.25) is 5.91 Å². The maximum atomic E-state index is 12.3. The zero-order valence-electron chi connectivity index (χ0n) is 14.6. The molecule has 3 rings (SSSR count). The SMILES string of the molecule is COc1ccc(OCCCC(=O)N2CCC3(CC2)CC3C(=O)O)cc1.